The molecule has 0 aliphatic heterocycles. The van der Waals surface area contributed by atoms with Crippen LogP contribution in [-0.4, -0.2) is 6.21 Å². The van der Waals surface area contributed by atoms with Crippen molar-refractivity contribution in [3.05, 3.63) is 12.4 Å². The average Bonchev–Trinajstić information content (AvgIpc) is 1.61. The summed E-state index contributed by atoms with van der Waals surface area (Å²) in [4.78, 5) is 0. The first-order valence-corrected chi connectivity index (χ1v) is 1.95. The van der Waals surface area contributed by atoms with Crippen molar-refractivity contribution < 1.29 is 0 Å². The first-order chi connectivity index (χ1) is 3.27. The summed E-state index contributed by atoms with van der Waals surface area (Å²) in [7, 11) is 0. The maximum absolute atomic E-state index is 5.06. The minimum Gasteiger partial charge on any atom is -0.385 e. The Labute approximate surface area is 42.9 Å². The van der Waals surface area contributed by atoms with Gasteiger partial charge in [-0.2, -0.15) is 5.10 Å². The summed E-state index contributed by atoms with van der Waals surface area (Å²) in [5.74, 6) is 0.359. The van der Waals surface area contributed by atoms with Crippen molar-refractivity contribution in [2.45, 2.75) is 6.92 Å². The molecule has 0 aromatic rings. The molecule has 40 valence electrons. The zero-order chi connectivity index (χ0) is 5.70. The van der Waals surface area contributed by atoms with E-state index in [9.17, 15) is 0 Å². The Morgan fingerprint density at radius 1 is 2.00 bits per heavy atom. The average molecular weight is 99.1 g/mol. The Hall–Kier alpha value is -0.990. The summed E-state index contributed by atoms with van der Waals surface area (Å²) < 4.78 is 0. The van der Waals surface area contributed by atoms with Gasteiger partial charge < -0.3 is 5.73 Å². The van der Waals surface area contributed by atoms with Gasteiger partial charge in [-0.1, -0.05) is 6.58 Å². The number of nitrogens with one attached hydrogen (secondary N) is 1. The fraction of sp³-hybridized carbons (Fsp3) is 0.250. The lowest BCUT2D eigenvalue weighted by Crippen LogP contribution is -2.11. The second kappa shape index (κ2) is 3.21. The van der Waals surface area contributed by atoms with Gasteiger partial charge in [-0.25, -0.2) is 0 Å². The van der Waals surface area contributed by atoms with Crippen molar-refractivity contribution >= 4 is 6.21 Å². The van der Waals surface area contributed by atoms with Gasteiger partial charge in [0.1, 0.15) is 5.82 Å². The molecule has 0 rings (SSSR count). The molecule has 0 heterocycles. The van der Waals surface area contributed by atoms with Gasteiger partial charge in [0.15, 0.2) is 0 Å². The molecule has 0 unspecified atom stereocenters. The maximum atomic E-state index is 5.06. The van der Waals surface area contributed by atoms with Gasteiger partial charge in [-0.15, -0.1) is 0 Å². The topological polar surface area (TPSA) is 50.4 Å². The molecule has 0 amide bonds. The highest BCUT2D eigenvalue weighted by Crippen LogP contribution is 1.62. The first-order valence-electron chi connectivity index (χ1n) is 1.95. The molecule has 0 aliphatic rings. The van der Waals surface area contributed by atoms with Crippen LogP contribution in [0.2, 0.25) is 0 Å². The number of hydrogen-bond acceptors (Lipinski definition) is 3. The van der Waals surface area contributed by atoms with Crippen molar-refractivity contribution in [1.29, 1.82) is 0 Å². The molecule has 0 radical (unpaired) electrons. The highest BCUT2D eigenvalue weighted by atomic mass is 15.3. The molecule has 0 aromatic carbocycles. The van der Waals surface area contributed by atoms with Gasteiger partial charge in [0, 0.05) is 6.21 Å². The molecule has 3 heteroatoms. The second-order valence-electron chi connectivity index (χ2n) is 1.02. The van der Waals surface area contributed by atoms with Crippen LogP contribution in [-0.2, 0) is 0 Å². The molecule has 0 saturated heterocycles. The number of hydrogen-bond donors (Lipinski definition) is 2. The number of nitrogens with zero attached hydrogens (tertiary/aromatic N) is 1. The van der Waals surface area contributed by atoms with Crippen molar-refractivity contribution in [2.75, 3.05) is 0 Å². The van der Waals surface area contributed by atoms with Crippen LogP contribution in [0, 0.1) is 0 Å². The maximum Gasteiger partial charge on any atom is 0.109 e. The van der Waals surface area contributed by atoms with E-state index < -0.39 is 0 Å². The fourth-order valence-corrected chi connectivity index (χ4v) is 0.147. The molecule has 0 atom stereocenters. The van der Waals surface area contributed by atoms with Crippen LogP contribution in [0.3, 0.4) is 0 Å². The van der Waals surface area contributed by atoms with Crippen LogP contribution in [0.5, 0.6) is 0 Å². The predicted octanol–water partition coefficient (Wildman–Crippen LogP) is 0.0116. The SMILES string of the molecule is C=C(N)NN=CC. The van der Waals surface area contributed by atoms with Gasteiger partial charge in [0.25, 0.3) is 0 Å². The molecule has 0 fully saturated rings. The quantitative estimate of drug-likeness (QED) is 0.378. The predicted molar refractivity (Wildman–Crippen MR) is 30.6 cm³/mol. The zero-order valence-electron chi connectivity index (χ0n) is 4.31. The van der Waals surface area contributed by atoms with E-state index in [-0.39, 0.29) is 0 Å². The van der Waals surface area contributed by atoms with Crippen LogP contribution >= 0.6 is 0 Å². The van der Waals surface area contributed by atoms with Gasteiger partial charge in [0.2, 0.25) is 0 Å². The summed E-state index contributed by atoms with van der Waals surface area (Å²) in [5.41, 5.74) is 7.51. The third kappa shape index (κ3) is 5.01. The Balaban J connectivity index is 3.14. The molecule has 0 aliphatic carbocycles. The minimum absolute atomic E-state index is 0.359. The van der Waals surface area contributed by atoms with Crippen LogP contribution in [0.15, 0.2) is 17.5 Å². The summed E-state index contributed by atoms with van der Waals surface area (Å²) in [6, 6.07) is 0. The normalized spacial score (nSPS) is 9.29. The number of hydrazone groups is 1. The van der Waals surface area contributed by atoms with Crippen molar-refractivity contribution in [1.82, 2.24) is 5.43 Å². The number of rotatable bonds is 2. The summed E-state index contributed by atoms with van der Waals surface area (Å²) in [5, 5.41) is 3.57. The van der Waals surface area contributed by atoms with E-state index in [1.54, 1.807) is 13.1 Å². The third-order valence-electron chi connectivity index (χ3n) is 0.337. The molecule has 0 spiro atoms. The van der Waals surface area contributed by atoms with Gasteiger partial charge in [-0.05, 0) is 6.92 Å². The van der Waals surface area contributed by atoms with E-state index >= 15 is 0 Å². The van der Waals surface area contributed by atoms with E-state index in [1.807, 2.05) is 0 Å². The largest absolute Gasteiger partial charge is 0.385 e. The Bertz CT molecular complexity index is 84.9. The van der Waals surface area contributed by atoms with Crippen LogP contribution in [0.4, 0.5) is 0 Å². The van der Waals surface area contributed by atoms with Gasteiger partial charge >= 0.3 is 0 Å². The van der Waals surface area contributed by atoms with E-state index in [1.165, 1.54) is 0 Å². The summed E-state index contributed by atoms with van der Waals surface area (Å²) in [6.45, 7) is 5.13. The van der Waals surface area contributed by atoms with E-state index in [0.717, 1.165) is 0 Å². The molecule has 3 nitrogen and oxygen atoms in total. The summed E-state index contributed by atoms with van der Waals surface area (Å²) >= 11 is 0. The second-order valence-corrected chi connectivity index (χ2v) is 1.02. The monoisotopic (exact) mass is 99.1 g/mol. The minimum atomic E-state index is 0.359. The molecule has 0 bridgehead atoms. The highest BCUT2D eigenvalue weighted by molar-refractivity contribution is 5.52. The molecular weight excluding hydrogens is 90.1 g/mol. The van der Waals surface area contributed by atoms with Crippen molar-refractivity contribution in [2.24, 2.45) is 10.8 Å². The van der Waals surface area contributed by atoms with Gasteiger partial charge in [0.05, 0.1) is 0 Å². The lowest BCUT2D eigenvalue weighted by Gasteiger charge is -1.91. The highest BCUT2D eigenvalue weighted by Gasteiger charge is 1.69. The molecule has 0 aromatic heterocycles. The van der Waals surface area contributed by atoms with Crippen molar-refractivity contribution in [3.63, 3.8) is 0 Å². The molecule has 0 saturated carbocycles. The Kier molecular flexibility index (Phi) is 2.76. The van der Waals surface area contributed by atoms with E-state index in [4.69, 9.17) is 5.73 Å². The fourth-order valence-electron chi connectivity index (χ4n) is 0.147. The third-order valence-corrected chi connectivity index (χ3v) is 0.337. The summed E-state index contributed by atoms with van der Waals surface area (Å²) in [6.07, 6.45) is 1.60. The van der Waals surface area contributed by atoms with Gasteiger partial charge in [-0.3, -0.25) is 5.43 Å². The number of nitrogens with two attached hydrogens (primary N) is 1. The zero-order valence-corrected chi connectivity index (χ0v) is 4.31. The molecule has 3 N–H and O–H groups in total. The van der Waals surface area contributed by atoms with Crippen LogP contribution < -0.4 is 11.2 Å². The first kappa shape index (κ1) is 6.01. The lowest BCUT2D eigenvalue weighted by atomic mass is 10.9. The molecule has 7 heavy (non-hydrogen) atoms. The smallest absolute Gasteiger partial charge is 0.109 e. The lowest BCUT2D eigenvalue weighted by molar-refractivity contribution is 0.881. The van der Waals surface area contributed by atoms with Crippen LogP contribution in [0.25, 0.3) is 0 Å². The van der Waals surface area contributed by atoms with E-state index in [0.29, 0.717) is 5.82 Å². The van der Waals surface area contributed by atoms with Crippen molar-refractivity contribution in [3.8, 4) is 0 Å². The Morgan fingerprint density at radius 2 is 2.57 bits per heavy atom. The molecular formula is C4H9N3. The van der Waals surface area contributed by atoms with Crippen LogP contribution in [0.1, 0.15) is 6.92 Å². The standard InChI is InChI=1S/C4H9N3/c1-3-6-7-4(2)5/h3,7H,2,5H2,1H3. The Morgan fingerprint density at radius 3 is 2.71 bits per heavy atom. The van der Waals surface area contributed by atoms with E-state index in [2.05, 4.69) is 17.1 Å².